The Morgan fingerprint density at radius 2 is 1.06 bits per heavy atom. The molecule has 0 fully saturated rings. The van der Waals surface area contributed by atoms with Crippen molar-refractivity contribution in [1.29, 1.82) is 0 Å². The molecular formula is C8H12O8. The molecule has 0 spiro atoms. The summed E-state index contributed by atoms with van der Waals surface area (Å²) >= 11 is 0. The summed E-state index contributed by atoms with van der Waals surface area (Å²) in [7, 11) is 0. The van der Waals surface area contributed by atoms with Crippen LogP contribution in [0.4, 0.5) is 0 Å². The zero-order valence-corrected chi connectivity index (χ0v) is 8.41. The average molecular weight is 236 g/mol. The van der Waals surface area contributed by atoms with Gasteiger partial charge in [0.1, 0.15) is 0 Å². The molecule has 0 aromatic rings. The molecule has 0 rings (SSSR count). The van der Waals surface area contributed by atoms with E-state index in [4.69, 9.17) is 20.4 Å². The highest BCUT2D eigenvalue weighted by atomic mass is 16.4. The lowest BCUT2D eigenvalue weighted by Gasteiger charge is -1.94. The summed E-state index contributed by atoms with van der Waals surface area (Å²) in [4.78, 5) is 38.8. The highest BCUT2D eigenvalue weighted by Crippen LogP contribution is 1.91. The molecule has 0 heterocycles. The van der Waals surface area contributed by atoms with E-state index >= 15 is 0 Å². The van der Waals surface area contributed by atoms with Gasteiger partial charge in [0.15, 0.2) is 5.92 Å². The summed E-state index contributed by atoms with van der Waals surface area (Å²) in [5.41, 5.74) is 0. The van der Waals surface area contributed by atoms with E-state index < -0.39 is 29.8 Å². The Hall–Kier alpha value is -2.12. The smallest absolute Gasteiger partial charge is 0.317 e. The fourth-order valence-corrected chi connectivity index (χ4v) is 0.319. The van der Waals surface area contributed by atoms with Crippen LogP contribution in [0.25, 0.3) is 0 Å². The first-order valence-electron chi connectivity index (χ1n) is 4.07. The van der Waals surface area contributed by atoms with Gasteiger partial charge in [0, 0.05) is 0 Å². The van der Waals surface area contributed by atoms with Gasteiger partial charge < -0.3 is 20.4 Å². The number of carboxylic acid groups (broad SMARTS) is 4. The van der Waals surface area contributed by atoms with Crippen molar-refractivity contribution >= 4 is 23.9 Å². The quantitative estimate of drug-likeness (QED) is 0.476. The maximum Gasteiger partial charge on any atom is 0.317 e. The maximum absolute atomic E-state index is 9.76. The average Bonchev–Trinajstić information content (AvgIpc) is 2.14. The van der Waals surface area contributed by atoms with Crippen LogP contribution in [0.3, 0.4) is 0 Å². The van der Waals surface area contributed by atoms with Gasteiger partial charge in [0.2, 0.25) is 0 Å². The fraction of sp³-hybridized carbons (Fsp3) is 0.500. The van der Waals surface area contributed by atoms with Crippen molar-refractivity contribution in [2.75, 3.05) is 0 Å². The molecule has 0 bridgehead atoms. The Morgan fingerprint density at radius 1 is 0.812 bits per heavy atom. The number of carbonyl (C=O) groups is 4. The second kappa shape index (κ2) is 8.21. The third-order valence-electron chi connectivity index (χ3n) is 1.29. The van der Waals surface area contributed by atoms with Gasteiger partial charge in [-0.2, -0.15) is 0 Å². The van der Waals surface area contributed by atoms with Crippen molar-refractivity contribution in [2.45, 2.75) is 19.8 Å². The Bertz CT molecular complexity index is 254. The van der Waals surface area contributed by atoms with Gasteiger partial charge in [-0.15, -0.1) is 0 Å². The van der Waals surface area contributed by atoms with Crippen LogP contribution in [0.5, 0.6) is 0 Å². The van der Waals surface area contributed by atoms with Crippen molar-refractivity contribution in [3.63, 3.8) is 0 Å². The third kappa shape index (κ3) is 11.9. The van der Waals surface area contributed by atoms with E-state index in [1.165, 1.54) is 0 Å². The van der Waals surface area contributed by atoms with Gasteiger partial charge >= 0.3 is 23.9 Å². The van der Waals surface area contributed by atoms with E-state index in [0.29, 0.717) is 0 Å². The van der Waals surface area contributed by atoms with Crippen molar-refractivity contribution in [1.82, 2.24) is 0 Å². The zero-order valence-electron chi connectivity index (χ0n) is 8.41. The van der Waals surface area contributed by atoms with Crippen LogP contribution >= 0.6 is 0 Å². The molecule has 0 saturated carbocycles. The van der Waals surface area contributed by atoms with Crippen molar-refractivity contribution in [3.8, 4) is 0 Å². The third-order valence-corrected chi connectivity index (χ3v) is 1.29. The van der Waals surface area contributed by atoms with E-state index in [2.05, 4.69) is 0 Å². The summed E-state index contributed by atoms with van der Waals surface area (Å²) < 4.78 is 0. The van der Waals surface area contributed by atoms with Crippen molar-refractivity contribution in [3.05, 3.63) is 0 Å². The van der Waals surface area contributed by atoms with Crippen LogP contribution < -0.4 is 0 Å². The second-order valence-electron chi connectivity index (χ2n) is 2.69. The molecule has 8 nitrogen and oxygen atoms in total. The minimum Gasteiger partial charge on any atom is -0.481 e. The first-order valence-corrected chi connectivity index (χ1v) is 4.07. The van der Waals surface area contributed by atoms with Gasteiger partial charge in [-0.3, -0.25) is 19.2 Å². The summed E-state index contributed by atoms with van der Waals surface area (Å²) in [5.74, 6) is -6.06. The Labute approximate surface area is 90.1 Å². The second-order valence-corrected chi connectivity index (χ2v) is 2.69. The Morgan fingerprint density at radius 3 is 1.12 bits per heavy atom. The van der Waals surface area contributed by atoms with Crippen LogP contribution in [-0.4, -0.2) is 44.3 Å². The minimum absolute atomic E-state index is 0.296. The van der Waals surface area contributed by atoms with Gasteiger partial charge in [0.25, 0.3) is 0 Å². The Balaban J connectivity index is 0. The fourth-order valence-electron chi connectivity index (χ4n) is 0.319. The molecule has 0 radical (unpaired) electrons. The van der Waals surface area contributed by atoms with Crippen LogP contribution in [0.2, 0.25) is 0 Å². The molecule has 4 N–H and O–H groups in total. The molecule has 92 valence electrons. The SMILES string of the molecule is CC(C(=O)O)C(=O)O.O=C(O)CCC(=O)O. The van der Waals surface area contributed by atoms with Gasteiger partial charge in [-0.25, -0.2) is 0 Å². The lowest BCUT2D eigenvalue weighted by atomic mass is 10.2. The number of hydrogen-bond acceptors (Lipinski definition) is 4. The van der Waals surface area contributed by atoms with E-state index in [0.717, 1.165) is 6.92 Å². The number of rotatable bonds is 5. The molecule has 0 amide bonds. The molecule has 0 aromatic heterocycles. The molecule has 0 aliphatic heterocycles. The lowest BCUT2D eigenvalue weighted by molar-refractivity contribution is -0.153. The van der Waals surface area contributed by atoms with Crippen LogP contribution in [-0.2, 0) is 19.2 Å². The molecular weight excluding hydrogens is 224 g/mol. The molecule has 0 aromatic carbocycles. The maximum atomic E-state index is 9.76. The molecule has 0 unspecified atom stereocenters. The number of carboxylic acids is 4. The highest BCUT2D eigenvalue weighted by molar-refractivity contribution is 5.92. The predicted octanol–water partition coefficient (Wildman–Crippen LogP) is -0.273. The normalized spacial score (nSPS) is 8.88. The molecule has 0 aliphatic rings. The summed E-state index contributed by atoms with van der Waals surface area (Å²) in [6, 6.07) is 0. The van der Waals surface area contributed by atoms with Gasteiger partial charge in [-0.05, 0) is 6.92 Å². The van der Waals surface area contributed by atoms with Crippen LogP contribution in [0, 0.1) is 5.92 Å². The van der Waals surface area contributed by atoms with Crippen LogP contribution in [0.15, 0.2) is 0 Å². The lowest BCUT2D eigenvalue weighted by Crippen LogP contribution is -2.19. The van der Waals surface area contributed by atoms with Crippen LogP contribution in [0.1, 0.15) is 19.8 Å². The Kier molecular flexibility index (Phi) is 8.37. The zero-order chi connectivity index (χ0) is 13.3. The molecule has 0 atom stereocenters. The monoisotopic (exact) mass is 236 g/mol. The molecule has 0 aliphatic carbocycles. The van der Waals surface area contributed by atoms with E-state index in [9.17, 15) is 19.2 Å². The number of hydrogen-bond donors (Lipinski definition) is 4. The standard InChI is InChI=1S/2C4H6O4/c1-2(3(5)6)4(7)8;5-3(6)1-2-4(7)8/h2H,1H3,(H,5,6)(H,7,8);1-2H2,(H,5,6)(H,7,8). The van der Waals surface area contributed by atoms with E-state index in [1.807, 2.05) is 0 Å². The van der Waals surface area contributed by atoms with Crippen molar-refractivity contribution in [2.24, 2.45) is 5.92 Å². The summed E-state index contributed by atoms with van der Waals surface area (Å²) in [6.07, 6.45) is -0.593. The molecule has 0 saturated heterocycles. The first-order chi connectivity index (χ1) is 7.18. The first kappa shape index (κ1) is 16.3. The predicted molar refractivity (Wildman–Crippen MR) is 48.9 cm³/mol. The molecule has 8 heteroatoms. The number of aliphatic carboxylic acids is 4. The van der Waals surface area contributed by atoms with Gasteiger partial charge in [0.05, 0.1) is 12.8 Å². The summed E-state index contributed by atoms with van der Waals surface area (Å²) in [6.45, 7) is 1.12. The van der Waals surface area contributed by atoms with Gasteiger partial charge in [-0.1, -0.05) is 0 Å². The van der Waals surface area contributed by atoms with E-state index in [-0.39, 0.29) is 12.8 Å². The largest absolute Gasteiger partial charge is 0.481 e. The highest BCUT2D eigenvalue weighted by Gasteiger charge is 2.18. The summed E-state index contributed by atoms with van der Waals surface area (Å²) in [5, 5.41) is 31.7. The van der Waals surface area contributed by atoms with Crippen molar-refractivity contribution < 1.29 is 39.6 Å². The topological polar surface area (TPSA) is 149 Å². The minimum atomic E-state index is -1.31. The van der Waals surface area contributed by atoms with E-state index in [1.54, 1.807) is 0 Å². The molecule has 16 heavy (non-hydrogen) atoms.